The molecule has 3 aromatic rings. The SMILES string of the molecule is Oc1ccc(-c2nc(-c3ncccn3)no2)c(F)c1. The van der Waals surface area contributed by atoms with Gasteiger partial charge in [-0.1, -0.05) is 5.16 Å². The normalized spacial score (nSPS) is 10.6. The summed E-state index contributed by atoms with van der Waals surface area (Å²) in [5, 5.41) is 12.8. The molecule has 0 unspecified atom stereocenters. The van der Waals surface area contributed by atoms with Gasteiger partial charge in [-0.05, 0) is 18.2 Å². The zero-order chi connectivity index (χ0) is 13.2. The van der Waals surface area contributed by atoms with Gasteiger partial charge in [-0.25, -0.2) is 14.4 Å². The Morgan fingerprint density at radius 1 is 1.11 bits per heavy atom. The first-order chi connectivity index (χ1) is 9.24. The Hall–Kier alpha value is -2.83. The summed E-state index contributed by atoms with van der Waals surface area (Å²) < 4.78 is 18.6. The predicted molar refractivity (Wildman–Crippen MR) is 62.4 cm³/mol. The lowest BCUT2D eigenvalue weighted by atomic mass is 10.2. The van der Waals surface area contributed by atoms with Crippen LogP contribution in [0.3, 0.4) is 0 Å². The third-order valence-corrected chi connectivity index (χ3v) is 2.37. The first-order valence-corrected chi connectivity index (χ1v) is 5.34. The molecule has 0 radical (unpaired) electrons. The summed E-state index contributed by atoms with van der Waals surface area (Å²) in [5.41, 5.74) is 0.104. The highest BCUT2D eigenvalue weighted by Gasteiger charge is 2.15. The molecular weight excluding hydrogens is 251 g/mol. The van der Waals surface area contributed by atoms with Crippen molar-refractivity contribution in [3.05, 3.63) is 42.5 Å². The van der Waals surface area contributed by atoms with Crippen molar-refractivity contribution in [3.8, 4) is 28.9 Å². The molecule has 0 spiro atoms. The van der Waals surface area contributed by atoms with Gasteiger partial charge < -0.3 is 9.63 Å². The highest BCUT2D eigenvalue weighted by molar-refractivity contribution is 5.57. The molecule has 6 nitrogen and oxygen atoms in total. The van der Waals surface area contributed by atoms with Crippen LogP contribution in [0.4, 0.5) is 4.39 Å². The fraction of sp³-hybridized carbons (Fsp3) is 0. The Morgan fingerprint density at radius 3 is 2.63 bits per heavy atom. The van der Waals surface area contributed by atoms with Crippen LogP contribution >= 0.6 is 0 Å². The van der Waals surface area contributed by atoms with Crippen molar-refractivity contribution in [1.29, 1.82) is 0 Å². The Kier molecular flexibility index (Phi) is 2.64. The zero-order valence-electron chi connectivity index (χ0n) is 9.49. The van der Waals surface area contributed by atoms with E-state index in [1.54, 1.807) is 18.5 Å². The van der Waals surface area contributed by atoms with Crippen molar-refractivity contribution in [3.63, 3.8) is 0 Å². The number of nitrogens with zero attached hydrogens (tertiary/aromatic N) is 4. The van der Waals surface area contributed by atoms with E-state index >= 15 is 0 Å². The van der Waals surface area contributed by atoms with E-state index in [4.69, 9.17) is 9.63 Å². The molecule has 0 saturated carbocycles. The van der Waals surface area contributed by atoms with Gasteiger partial charge in [0.25, 0.3) is 5.89 Å². The van der Waals surface area contributed by atoms with Crippen LogP contribution in [0.15, 0.2) is 41.2 Å². The van der Waals surface area contributed by atoms with Gasteiger partial charge in [0.2, 0.25) is 11.6 Å². The molecule has 0 fully saturated rings. The largest absolute Gasteiger partial charge is 0.508 e. The van der Waals surface area contributed by atoms with Crippen LogP contribution in [0, 0.1) is 5.82 Å². The maximum atomic E-state index is 13.6. The van der Waals surface area contributed by atoms with Crippen LogP contribution in [0.25, 0.3) is 23.1 Å². The van der Waals surface area contributed by atoms with Crippen LogP contribution < -0.4 is 0 Å². The molecule has 2 aromatic heterocycles. The number of halogens is 1. The van der Waals surface area contributed by atoms with Gasteiger partial charge in [0.05, 0.1) is 5.56 Å². The molecule has 0 aliphatic rings. The standard InChI is InChI=1S/C12H7FN4O2/c13-9-6-7(18)2-3-8(9)12-16-11(17-19-12)10-14-4-1-5-15-10/h1-6,18H. The first kappa shape index (κ1) is 11.3. The van der Waals surface area contributed by atoms with E-state index in [9.17, 15) is 4.39 Å². The topological polar surface area (TPSA) is 84.9 Å². The summed E-state index contributed by atoms with van der Waals surface area (Å²) in [5.74, 6) is -0.365. The predicted octanol–water partition coefficient (Wildman–Crippen LogP) is 2.04. The second-order valence-electron chi connectivity index (χ2n) is 3.66. The molecule has 0 saturated heterocycles. The minimum atomic E-state index is -0.649. The van der Waals surface area contributed by atoms with E-state index in [0.717, 1.165) is 6.07 Å². The zero-order valence-corrected chi connectivity index (χ0v) is 9.49. The summed E-state index contributed by atoms with van der Waals surface area (Å²) >= 11 is 0. The van der Waals surface area contributed by atoms with E-state index in [1.165, 1.54) is 12.1 Å². The molecule has 94 valence electrons. The Labute approximate surface area is 106 Å². The summed E-state index contributed by atoms with van der Waals surface area (Å²) in [6, 6.07) is 5.32. The molecule has 7 heteroatoms. The lowest BCUT2D eigenvalue weighted by molar-refractivity contribution is 0.428. The van der Waals surface area contributed by atoms with E-state index in [-0.39, 0.29) is 28.9 Å². The molecule has 0 bridgehead atoms. The molecule has 0 atom stereocenters. The van der Waals surface area contributed by atoms with Crippen LogP contribution in [0.5, 0.6) is 5.75 Å². The second kappa shape index (κ2) is 4.45. The number of aromatic nitrogens is 4. The highest BCUT2D eigenvalue weighted by atomic mass is 19.1. The maximum absolute atomic E-state index is 13.6. The van der Waals surface area contributed by atoms with Crippen molar-refractivity contribution in [2.45, 2.75) is 0 Å². The average molecular weight is 258 g/mol. The lowest BCUT2D eigenvalue weighted by Gasteiger charge is -1.97. The fourth-order valence-electron chi connectivity index (χ4n) is 1.52. The average Bonchev–Trinajstić information content (AvgIpc) is 2.89. The van der Waals surface area contributed by atoms with Crippen molar-refractivity contribution in [1.82, 2.24) is 20.1 Å². The summed E-state index contributed by atoms with van der Waals surface area (Å²) in [4.78, 5) is 11.9. The van der Waals surface area contributed by atoms with Gasteiger partial charge in [-0.3, -0.25) is 0 Å². The number of hydrogen-bond acceptors (Lipinski definition) is 6. The van der Waals surface area contributed by atoms with E-state index in [1.807, 2.05) is 0 Å². The number of rotatable bonds is 2. The number of phenolic OH excluding ortho intramolecular Hbond substituents is 1. The minimum absolute atomic E-state index is 0.0000435. The van der Waals surface area contributed by atoms with Gasteiger partial charge in [0.15, 0.2) is 0 Å². The van der Waals surface area contributed by atoms with Gasteiger partial charge in [-0.15, -0.1) is 0 Å². The molecule has 2 heterocycles. The van der Waals surface area contributed by atoms with Crippen molar-refractivity contribution < 1.29 is 14.0 Å². The van der Waals surface area contributed by atoms with Gasteiger partial charge in [-0.2, -0.15) is 4.98 Å². The van der Waals surface area contributed by atoms with Crippen molar-refractivity contribution in [2.75, 3.05) is 0 Å². The molecule has 0 aliphatic carbocycles. The van der Waals surface area contributed by atoms with Gasteiger partial charge in [0.1, 0.15) is 11.6 Å². The van der Waals surface area contributed by atoms with E-state index in [2.05, 4.69) is 20.1 Å². The lowest BCUT2D eigenvalue weighted by Crippen LogP contribution is -1.89. The van der Waals surface area contributed by atoms with Gasteiger partial charge in [0, 0.05) is 18.5 Å². The molecule has 19 heavy (non-hydrogen) atoms. The van der Waals surface area contributed by atoms with E-state index in [0.29, 0.717) is 0 Å². The number of hydrogen-bond donors (Lipinski definition) is 1. The molecule has 0 amide bonds. The van der Waals surface area contributed by atoms with Crippen molar-refractivity contribution >= 4 is 0 Å². The molecule has 0 aliphatic heterocycles. The van der Waals surface area contributed by atoms with Crippen LogP contribution in [-0.2, 0) is 0 Å². The summed E-state index contributed by atoms with van der Waals surface area (Å²) in [7, 11) is 0. The quantitative estimate of drug-likeness (QED) is 0.757. The Bertz CT molecular complexity index is 715. The van der Waals surface area contributed by atoms with Crippen LogP contribution in [-0.4, -0.2) is 25.2 Å². The second-order valence-corrected chi connectivity index (χ2v) is 3.66. The molecule has 1 N–H and O–H groups in total. The summed E-state index contributed by atoms with van der Waals surface area (Å²) in [6.07, 6.45) is 3.08. The maximum Gasteiger partial charge on any atom is 0.261 e. The third kappa shape index (κ3) is 2.13. The molecule has 3 rings (SSSR count). The number of phenols is 1. The number of benzene rings is 1. The van der Waals surface area contributed by atoms with E-state index < -0.39 is 5.82 Å². The number of aromatic hydroxyl groups is 1. The fourth-order valence-corrected chi connectivity index (χ4v) is 1.52. The molecular formula is C12H7FN4O2. The van der Waals surface area contributed by atoms with Crippen molar-refractivity contribution in [2.24, 2.45) is 0 Å². The monoisotopic (exact) mass is 258 g/mol. The Morgan fingerprint density at radius 2 is 1.89 bits per heavy atom. The first-order valence-electron chi connectivity index (χ1n) is 5.34. The smallest absolute Gasteiger partial charge is 0.261 e. The Balaban J connectivity index is 2.02. The minimum Gasteiger partial charge on any atom is -0.508 e. The van der Waals surface area contributed by atoms with Crippen LogP contribution in [0.1, 0.15) is 0 Å². The summed E-state index contributed by atoms with van der Waals surface area (Å²) in [6.45, 7) is 0. The van der Waals surface area contributed by atoms with Gasteiger partial charge >= 0.3 is 0 Å². The third-order valence-electron chi connectivity index (χ3n) is 2.37. The van der Waals surface area contributed by atoms with Crippen LogP contribution in [0.2, 0.25) is 0 Å². The highest BCUT2D eigenvalue weighted by Crippen LogP contribution is 2.25. The molecule has 1 aromatic carbocycles.